The van der Waals surface area contributed by atoms with E-state index in [-0.39, 0.29) is 42.1 Å². The molecule has 22 heteroatoms. The van der Waals surface area contributed by atoms with Crippen molar-refractivity contribution >= 4 is 63.5 Å². The Kier molecular flexibility index (Phi) is 14.5. The van der Waals surface area contributed by atoms with E-state index in [0.717, 1.165) is 23.3 Å². The summed E-state index contributed by atoms with van der Waals surface area (Å²) in [6.45, 7) is 10.6. The average molecular weight is 982 g/mol. The van der Waals surface area contributed by atoms with Gasteiger partial charge >= 0.3 is 5.97 Å². The fraction of sp³-hybridized carbons (Fsp3) is 0.488. The molecule has 6 rings (SSSR count). The molecule has 65 heavy (non-hydrogen) atoms. The van der Waals surface area contributed by atoms with Gasteiger partial charge in [0.15, 0.2) is 13.1 Å². The number of anilines is 2. The first-order valence-corrected chi connectivity index (χ1v) is 27.3. The van der Waals surface area contributed by atoms with Gasteiger partial charge in [-0.1, -0.05) is 39.8 Å². The summed E-state index contributed by atoms with van der Waals surface area (Å²) >= 11 is 0. The van der Waals surface area contributed by atoms with E-state index in [9.17, 15) is 61.8 Å². The van der Waals surface area contributed by atoms with Crippen molar-refractivity contribution in [3.05, 3.63) is 94.4 Å². The zero-order chi connectivity index (χ0) is 47.9. The van der Waals surface area contributed by atoms with Gasteiger partial charge in [-0.25, -0.2) is 4.58 Å². The Morgan fingerprint density at radius 1 is 0.646 bits per heavy atom. The predicted molar refractivity (Wildman–Crippen MR) is 245 cm³/mol. The third-order valence-electron chi connectivity index (χ3n) is 12.6. The molecule has 3 heterocycles. The van der Waals surface area contributed by atoms with Crippen molar-refractivity contribution in [2.75, 3.05) is 67.1 Å². The van der Waals surface area contributed by atoms with Gasteiger partial charge < -0.3 is 14.9 Å². The van der Waals surface area contributed by atoms with E-state index in [1.54, 1.807) is 12.1 Å². The summed E-state index contributed by atoms with van der Waals surface area (Å²) in [6, 6.07) is 8.51. The lowest BCUT2D eigenvalue weighted by Gasteiger charge is -2.29. The van der Waals surface area contributed by atoms with E-state index < -0.39 is 68.8 Å². The summed E-state index contributed by atoms with van der Waals surface area (Å²) in [4.78, 5) is 16.7. The molecular weight excluding hydrogens is 925 g/mol. The molecule has 0 radical (unpaired) electrons. The van der Waals surface area contributed by atoms with Gasteiger partial charge in [0.25, 0.3) is 40.5 Å². The molecule has 0 amide bonds. The normalized spacial score (nSPS) is 21.8. The van der Waals surface area contributed by atoms with Gasteiger partial charge in [-0.15, -0.1) is 0 Å². The highest BCUT2D eigenvalue weighted by molar-refractivity contribution is 7.86. The van der Waals surface area contributed by atoms with E-state index in [0.29, 0.717) is 79.5 Å². The number of hydrogen-bond donors (Lipinski definition) is 5. The second kappa shape index (κ2) is 18.8. The van der Waals surface area contributed by atoms with Crippen LogP contribution in [0.3, 0.4) is 0 Å². The van der Waals surface area contributed by atoms with Crippen molar-refractivity contribution in [3.8, 4) is 0 Å². The van der Waals surface area contributed by atoms with Gasteiger partial charge in [0.05, 0.1) is 40.8 Å². The molecule has 3 aliphatic heterocycles. The van der Waals surface area contributed by atoms with Crippen LogP contribution in [-0.2, 0) is 56.1 Å². The number of rotatable bonds is 15. The summed E-state index contributed by atoms with van der Waals surface area (Å²) in [6.07, 6.45) is 10.0. The van der Waals surface area contributed by atoms with Crippen molar-refractivity contribution in [1.29, 1.82) is 0 Å². The monoisotopic (exact) mass is 981 g/mol. The van der Waals surface area contributed by atoms with Crippen molar-refractivity contribution < 1.29 is 66.4 Å². The number of fused-ring (bicyclic) bond motifs is 2. The highest BCUT2D eigenvalue weighted by Crippen LogP contribution is 2.50. The average Bonchev–Trinajstić information content (AvgIpc) is 3.54. The Morgan fingerprint density at radius 2 is 1.06 bits per heavy atom. The smallest absolute Gasteiger partial charge is 0.304 e. The first-order valence-electron chi connectivity index (χ1n) is 21.2. The van der Waals surface area contributed by atoms with Crippen molar-refractivity contribution in [1.82, 2.24) is 4.90 Å². The zero-order valence-electron chi connectivity index (χ0n) is 36.7. The summed E-state index contributed by atoms with van der Waals surface area (Å²) < 4.78 is 137. The van der Waals surface area contributed by atoms with Crippen LogP contribution in [0, 0.1) is 0 Å². The van der Waals surface area contributed by atoms with Crippen LogP contribution in [0.2, 0.25) is 0 Å². The second-order valence-electron chi connectivity index (χ2n) is 17.8. The van der Waals surface area contributed by atoms with Gasteiger partial charge in [0, 0.05) is 64.4 Å². The molecule has 4 aliphatic rings. The number of piperazine rings is 1. The maximum Gasteiger partial charge on any atom is 0.304 e. The van der Waals surface area contributed by atoms with Crippen LogP contribution >= 0.6 is 0 Å². The molecule has 2 aromatic rings. The molecule has 0 spiro atoms. The molecule has 356 valence electrons. The molecular formula is C43H57N4O14S4+. The van der Waals surface area contributed by atoms with Crippen molar-refractivity contribution in [2.45, 2.75) is 86.8 Å². The predicted octanol–water partition coefficient (Wildman–Crippen LogP) is 4.68. The summed E-state index contributed by atoms with van der Waals surface area (Å²) in [5.74, 6) is -1.89. The zero-order valence-corrected chi connectivity index (χ0v) is 40.0. The lowest BCUT2D eigenvalue weighted by atomic mass is 9.82. The second-order valence-corrected chi connectivity index (χ2v) is 23.8. The number of benzene rings is 2. The fourth-order valence-electron chi connectivity index (χ4n) is 9.37. The lowest BCUT2D eigenvalue weighted by Crippen LogP contribution is -2.45. The summed E-state index contributed by atoms with van der Waals surface area (Å²) in [5, 5.41) is 9.33. The lowest BCUT2D eigenvalue weighted by molar-refractivity contribution is -0.539. The highest BCUT2D eigenvalue weighted by atomic mass is 32.2. The van der Waals surface area contributed by atoms with E-state index in [1.807, 2.05) is 61.8 Å². The molecule has 1 saturated carbocycles. The molecule has 0 bridgehead atoms. The van der Waals surface area contributed by atoms with E-state index in [4.69, 9.17) is 0 Å². The molecule has 0 atom stereocenters. The van der Waals surface area contributed by atoms with Gasteiger partial charge in [0.1, 0.15) is 0 Å². The van der Waals surface area contributed by atoms with E-state index in [1.165, 1.54) is 24.3 Å². The third kappa shape index (κ3) is 11.7. The maximum atomic E-state index is 12.2. The standard InChI is InChI=1S/C43H56N4O14S4/c1-42(2)34-28-32(64(56,57)58)12-14-36(34)46(19-6-26-62(50,51)52)38(42)16-10-30-8-5-9-31(41(30)45-24-22-44(23-25-45)21-18-40(48)49)11-17-39-43(3,4)35-29-33(65(59,60)61)13-15-37(35)47(39)20-7-27-63(53,54)55/h10-17,28-29H,5-9,18-27H2,1-4H3,(H4-,48,49,50,51,52,53,54,55,56,57,58,59,60,61)/p+1. The molecule has 2 fully saturated rings. The van der Waals surface area contributed by atoms with Crippen LogP contribution < -0.4 is 9.80 Å². The topological polar surface area (TPSA) is 268 Å². The van der Waals surface area contributed by atoms with Crippen LogP contribution in [0.1, 0.15) is 77.3 Å². The van der Waals surface area contributed by atoms with Crippen LogP contribution in [0.25, 0.3) is 0 Å². The number of carbonyl (C=O) groups is 1. The minimum atomic E-state index is -4.56. The summed E-state index contributed by atoms with van der Waals surface area (Å²) in [7, 11) is -17.7. The third-order valence-corrected chi connectivity index (χ3v) is 15.9. The first-order chi connectivity index (χ1) is 30.1. The van der Waals surface area contributed by atoms with Crippen LogP contribution in [0.15, 0.2) is 93.0 Å². The largest absolute Gasteiger partial charge is 0.481 e. The van der Waals surface area contributed by atoms with Crippen LogP contribution in [-0.4, -0.2) is 135 Å². The summed E-state index contributed by atoms with van der Waals surface area (Å²) in [5.41, 5.74) is 5.05. The van der Waals surface area contributed by atoms with Gasteiger partial charge in [-0.2, -0.15) is 33.7 Å². The molecule has 1 saturated heterocycles. The molecule has 0 unspecified atom stereocenters. The number of nitrogens with zero attached hydrogens (tertiary/aromatic N) is 4. The number of hydrogen-bond acceptors (Lipinski definition) is 12. The number of carboxylic acid groups (broad SMARTS) is 1. The minimum Gasteiger partial charge on any atom is -0.481 e. The Labute approximate surface area is 381 Å². The van der Waals surface area contributed by atoms with Crippen molar-refractivity contribution in [2.24, 2.45) is 0 Å². The molecule has 5 N–H and O–H groups in total. The molecule has 1 aliphatic carbocycles. The van der Waals surface area contributed by atoms with E-state index in [2.05, 4.69) is 9.48 Å². The number of aliphatic carboxylic acids is 1. The van der Waals surface area contributed by atoms with Crippen LogP contribution in [0.5, 0.6) is 0 Å². The van der Waals surface area contributed by atoms with Gasteiger partial charge in [-0.3, -0.25) is 27.9 Å². The van der Waals surface area contributed by atoms with Gasteiger partial charge in [0.2, 0.25) is 5.71 Å². The number of allylic oxidation sites excluding steroid dienone is 8. The highest BCUT2D eigenvalue weighted by Gasteiger charge is 2.42. The molecule has 2 aromatic carbocycles. The van der Waals surface area contributed by atoms with Crippen molar-refractivity contribution in [3.63, 3.8) is 0 Å². The maximum absolute atomic E-state index is 12.2. The quantitative estimate of drug-likeness (QED) is 0.120. The number of carboxylic acids is 1. The molecule has 0 aromatic heterocycles. The Morgan fingerprint density at radius 3 is 1.43 bits per heavy atom. The Hall–Kier alpha value is -4.26. The Bertz CT molecular complexity index is 2680. The Balaban J connectivity index is 1.47. The molecule has 18 nitrogen and oxygen atoms in total. The fourth-order valence-corrected chi connectivity index (χ4v) is 11.4. The minimum absolute atomic E-state index is 0.00327. The van der Waals surface area contributed by atoms with E-state index >= 15 is 0 Å². The SMILES string of the molecule is CC1(C)/C(=C/C=C2\CCC/C(=C\C=C3/N(CCCS(=O)(=O)O)c4ccc(S(=O)(=O)O)cc4C3(C)C)C2=[N+]2CCN(CCC(=O)O)CC2)N(CCCS(=O)(=O)O)c2ccc(S(=O)(=O)O)cc21. The van der Waals surface area contributed by atoms with Crippen LogP contribution in [0.4, 0.5) is 11.4 Å². The first kappa shape index (κ1) is 50.2. The van der Waals surface area contributed by atoms with Gasteiger partial charge in [-0.05, 0) is 91.8 Å².